The van der Waals surface area contributed by atoms with Crippen LogP contribution >= 0.6 is 11.3 Å². The van der Waals surface area contributed by atoms with Gasteiger partial charge in [-0.15, -0.1) is 11.3 Å². The third-order valence-corrected chi connectivity index (χ3v) is 4.95. The summed E-state index contributed by atoms with van der Waals surface area (Å²) in [4.78, 5) is 25.1. The van der Waals surface area contributed by atoms with Crippen LogP contribution in [-0.2, 0) is 0 Å². The summed E-state index contributed by atoms with van der Waals surface area (Å²) in [5.41, 5.74) is 1.90. The molecule has 1 amide bonds. The number of carbonyl (C=O) groups excluding carboxylic acids is 1. The van der Waals surface area contributed by atoms with Gasteiger partial charge in [0, 0.05) is 11.1 Å². The Morgan fingerprint density at radius 2 is 1.88 bits per heavy atom. The molecule has 2 aromatic carbocycles. The maximum absolute atomic E-state index is 12.5. The molecule has 0 atom stereocenters. The molecule has 0 spiro atoms. The summed E-state index contributed by atoms with van der Waals surface area (Å²) >= 11 is 1.30. The lowest BCUT2D eigenvalue weighted by Crippen LogP contribution is -2.10. The summed E-state index contributed by atoms with van der Waals surface area (Å²) in [7, 11) is 0. The van der Waals surface area contributed by atoms with Crippen LogP contribution in [-0.4, -0.2) is 5.91 Å². The second kappa shape index (κ2) is 5.62. The first kappa shape index (κ1) is 14.7. The molecular formula is C19H13NO3S. The molecule has 0 aliphatic heterocycles. The fraction of sp³-hybridized carbons (Fsp3) is 0.0526. The lowest BCUT2D eigenvalue weighted by Gasteiger charge is -2.03. The van der Waals surface area contributed by atoms with Crippen LogP contribution in [0.25, 0.3) is 21.1 Å². The van der Waals surface area contributed by atoms with Gasteiger partial charge in [0.2, 0.25) is 0 Å². The largest absolute Gasteiger partial charge is 0.422 e. The van der Waals surface area contributed by atoms with Gasteiger partial charge in [-0.2, -0.15) is 0 Å². The van der Waals surface area contributed by atoms with Gasteiger partial charge in [-0.05, 0) is 42.8 Å². The molecule has 4 nitrogen and oxygen atoms in total. The maximum atomic E-state index is 12.5. The third kappa shape index (κ3) is 2.49. The van der Waals surface area contributed by atoms with Gasteiger partial charge >= 0.3 is 5.63 Å². The Morgan fingerprint density at radius 3 is 2.71 bits per heavy atom. The predicted molar refractivity (Wildman–Crippen MR) is 97.0 cm³/mol. The van der Waals surface area contributed by atoms with Crippen molar-refractivity contribution in [2.24, 2.45) is 0 Å². The lowest BCUT2D eigenvalue weighted by atomic mass is 10.2. The van der Waals surface area contributed by atoms with E-state index in [-0.39, 0.29) is 5.91 Å². The van der Waals surface area contributed by atoms with Gasteiger partial charge in [0.25, 0.3) is 5.91 Å². The van der Waals surface area contributed by atoms with Gasteiger partial charge in [0.05, 0.1) is 15.0 Å². The van der Waals surface area contributed by atoms with E-state index >= 15 is 0 Å². The number of para-hydroxylation sites is 1. The zero-order chi connectivity index (χ0) is 16.7. The van der Waals surface area contributed by atoms with E-state index in [1.165, 1.54) is 11.3 Å². The Labute approximate surface area is 141 Å². The first-order valence-corrected chi connectivity index (χ1v) is 8.27. The van der Waals surface area contributed by atoms with E-state index in [9.17, 15) is 9.59 Å². The van der Waals surface area contributed by atoms with Gasteiger partial charge < -0.3 is 9.73 Å². The summed E-state index contributed by atoms with van der Waals surface area (Å²) in [6, 6.07) is 16.5. The maximum Gasteiger partial charge on any atom is 0.345 e. The highest BCUT2D eigenvalue weighted by Gasteiger charge is 2.16. The molecule has 4 aromatic rings. The van der Waals surface area contributed by atoms with Crippen molar-refractivity contribution in [3.05, 3.63) is 75.5 Å². The molecule has 0 radical (unpaired) electrons. The van der Waals surface area contributed by atoms with E-state index in [2.05, 4.69) is 5.32 Å². The summed E-state index contributed by atoms with van der Waals surface area (Å²) in [5.74, 6) is -0.231. The van der Waals surface area contributed by atoms with Gasteiger partial charge in [0.15, 0.2) is 0 Å². The number of hydrogen-bond donors (Lipinski definition) is 1. The molecule has 2 heterocycles. The standard InChI is InChI=1S/C19H13NO3S/c1-11-5-4-6-12(9-11)20-18(21)16-10-14-17(24-16)13-7-2-3-8-15(13)23-19(14)22/h2-10H,1H3,(H,20,21). The van der Waals surface area contributed by atoms with Crippen LogP contribution in [0, 0.1) is 6.92 Å². The van der Waals surface area contributed by atoms with Crippen molar-refractivity contribution in [2.75, 3.05) is 5.32 Å². The van der Waals surface area contributed by atoms with Crippen LogP contribution in [0.4, 0.5) is 5.69 Å². The fourth-order valence-corrected chi connectivity index (χ4v) is 3.74. The van der Waals surface area contributed by atoms with Crippen molar-refractivity contribution in [3.63, 3.8) is 0 Å². The van der Waals surface area contributed by atoms with E-state index in [1.807, 2.05) is 49.4 Å². The van der Waals surface area contributed by atoms with Gasteiger partial charge in [-0.25, -0.2) is 4.79 Å². The molecule has 5 heteroatoms. The number of nitrogens with one attached hydrogen (secondary N) is 1. The number of anilines is 1. The zero-order valence-electron chi connectivity index (χ0n) is 12.8. The minimum absolute atomic E-state index is 0.231. The monoisotopic (exact) mass is 335 g/mol. The normalized spacial score (nSPS) is 11.0. The molecule has 0 saturated carbocycles. The number of aryl methyl sites for hydroxylation is 1. The molecule has 0 unspecified atom stereocenters. The number of rotatable bonds is 2. The molecule has 24 heavy (non-hydrogen) atoms. The van der Waals surface area contributed by atoms with Crippen LogP contribution in [0.1, 0.15) is 15.2 Å². The summed E-state index contributed by atoms with van der Waals surface area (Å²) in [5, 5.41) is 4.14. The SMILES string of the molecule is Cc1cccc(NC(=O)c2cc3c(=O)oc4ccccc4c3s2)c1. The van der Waals surface area contributed by atoms with Gasteiger partial charge in [0.1, 0.15) is 5.58 Å². The molecule has 0 fully saturated rings. The molecular weight excluding hydrogens is 322 g/mol. The third-order valence-electron chi connectivity index (χ3n) is 3.79. The molecule has 0 bridgehead atoms. The Balaban J connectivity index is 1.80. The number of benzene rings is 2. The van der Waals surface area contributed by atoms with E-state index < -0.39 is 5.63 Å². The van der Waals surface area contributed by atoms with Crippen molar-refractivity contribution in [2.45, 2.75) is 6.92 Å². The Bertz CT molecular complexity index is 1140. The minimum atomic E-state index is -0.422. The predicted octanol–water partition coefficient (Wildman–Crippen LogP) is 4.57. The van der Waals surface area contributed by atoms with Gasteiger partial charge in [-0.1, -0.05) is 24.3 Å². The summed E-state index contributed by atoms with van der Waals surface area (Å²) in [6.45, 7) is 1.96. The van der Waals surface area contributed by atoms with Crippen molar-refractivity contribution >= 4 is 44.0 Å². The highest BCUT2D eigenvalue weighted by molar-refractivity contribution is 7.21. The molecule has 118 valence electrons. The number of hydrogen-bond acceptors (Lipinski definition) is 4. The van der Waals surface area contributed by atoms with E-state index in [1.54, 1.807) is 12.1 Å². The molecule has 1 N–H and O–H groups in total. The quantitative estimate of drug-likeness (QED) is 0.546. The van der Waals surface area contributed by atoms with Crippen LogP contribution in [0.5, 0.6) is 0 Å². The number of amides is 1. The summed E-state index contributed by atoms with van der Waals surface area (Å²) < 4.78 is 6.10. The van der Waals surface area contributed by atoms with Crippen LogP contribution < -0.4 is 10.9 Å². The van der Waals surface area contributed by atoms with Crippen molar-refractivity contribution in [1.29, 1.82) is 0 Å². The highest BCUT2D eigenvalue weighted by Crippen LogP contribution is 2.30. The van der Waals surface area contributed by atoms with Crippen LogP contribution in [0.2, 0.25) is 0 Å². The Hall–Kier alpha value is -2.92. The van der Waals surface area contributed by atoms with E-state index in [0.717, 1.165) is 21.3 Å². The average Bonchev–Trinajstić information content (AvgIpc) is 3.01. The second-order valence-corrected chi connectivity index (χ2v) is 6.61. The van der Waals surface area contributed by atoms with E-state index in [4.69, 9.17) is 4.42 Å². The first-order valence-electron chi connectivity index (χ1n) is 7.45. The minimum Gasteiger partial charge on any atom is -0.422 e. The van der Waals surface area contributed by atoms with Crippen LogP contribution in [0.3, 0.4) is 0 Å². The molecule has 2 aromatic heterocycles. The zero-order valence-corrected chi connectivity index (χ0v) is 13.6. The average molecular weight is 335 g/mol. The first-order chi connectivity index (χ1) is 11.6. The second-order valence-electron chi connectivity index (χ2n) is 5.56. The smallest absolute Gasteiger partial charge is 0.345 e. The highest BCUT2D eigenvalue weighted by atomic mass is 32.1. The van der Waals surface area contributed by atoms with Crippen molar-refractivity contribution < 1.29 is 9.21 Å². The lowest BCUT2D eigenvalue weighted by molar-refractivity contribution is 0.103. The van der Waals surface area contributed by atoms with Crippen molar-refractivity contribution in [1.82, 2.24) is 0 Å². The van der Waals surface area contributed by atoms with Gasteiger partial charge in [-0.3, -0.25) is 4.79 Å². The topological polar surface area (TPSA) is 59.3 Å². The molecule has 0 aliphatic rings. The molecule has 4 rings (SSSR count). The number of thiophene rings is 1. The number of carbonyl (C=O) groups is 1. The summed E-state index contributed by atoms with van der Waals surface area (Å²) in [6.07, 6.45) is 0. The Morgan fingerprint density at radius 1 is 1.04 bits per heavy atom. The van der Waals surface area contributed by atoms with Crippen LogP contribution in [0.15, 0.2) is 63.8 Å². The van der Waals surface area contributed by atoms with Crippen molar-refractivity contribution in [3.8, 4) is 0 Å². The number of fused-ring (bicyclic) bond motifs is 3. The fourth-order valence-electron chi connectivity index (χ4n) is 2.67. The molecule has 0 aliphatic carbocycles. The molecule has 0 saturated heterocycles. The Kier molecular flexibility index (Phi) is 3.43. The van der Waals surface area contributed by atoms with E-state index in [0.29, 0.717) is 15.8 Å².